The summed E-state index contributed by atoms with van der Waals surface area (Å²) in [6.45, 7) is 4.28. The van der Waals surface area contributed by atoms with Crippen molar-refractivity contribution in [2.75, 3.05) is 0 Å². The molecule has 1 aromatic carbocycles. The maximum Gasteiger partial charge on any atom is 0.119 e. The number of hydrogen-bond acceptors (Lipinski definition) is 3. The summed E-state index contributed by atoms with van der Waals surface area (Å²) in [5.41, 5.74) is 0.935. The van der Waals surface area contributed by atoms with Gasteiger partial charge in [-0.25, -0.2) is 0 Å². The predicted octanol–water partition coefficient (Wildman–Crippen LogP) is 2.94. The van der Waals surface area contributed by atoms with Crippen LogP contribution >= 0.6 is 0 Å². The van der Waals surface area contributed by atoms with E-state index in [0.29, 0.717) is 6.04 Å². The average molecular weight is 235 g/mol. The molecule has 0 bridgehead atoms. The van der Waals surface area contributed by atoms with Gasteiger partial charge in [0.1, 0.15) is 11.5 Å². The molecule has 2 rings (SSSR count). The highest BCUT2D eigenvalue weighted by atomic mass is 16.3. The van der Waals surface area contributed by atoms with Crippen molar-refractivity contribution >= 4 is 0 Å². The maximum atomic E-state index is 9.44. The van der Waals surface area contributed by atoms with Crippen LogP contribution in [0.5, 0.6) is 11.5 Å². The van der Waals surface area contributed by atoms with Gasteiger partial charge in [-0.2, -0.15) is 0 Å². The Morgan fingerprint density at radius 3 is 2.53 bits per heavy atom. The molecule has 1 aliphatic rings. The number of aromatic hydroxyl groups is 2. The number of phenolic OH excluding ortho intramolecular Hbond substituents is 2. The van der Waals surface area contributed by atoms with Gasteiger partial charge in [-0.15, -0.1) is 0 Å². The van der Waals surface area contributed by atoms with Crippen LogP contribution < -0.4 is 5.32 Å². The van der Waals surface area contributed by atoms with E-state index in [1.165, 1.54) is 25.3 Å². The smallest absolute Gasteiger partial charge is 0.119 e. The van der Waals surface area contributed by atoms with Gasteiger partial charge in [0.2, 0.25) is 0 Å². The molecular weight excluding hydrogens is 214 g/mol. The third-order valence-electron chi connectivity index (χ3n) is 3.47. The molecule has 1 aliphatic carbocycles. The zero-order valence-corrected chi connectivity index (χ0v) is 10.5. The van der Waals surface area contributed by atoms with Crippen molar-refractivity contribution in [3.63, 3.8) is 0 Å². The normalized spacial score (nSPS) is 24.6. The quantitative estimate of drug-likeness (QED) is 0.735. The van der Waals surface area contributed by atoms with Crippen LogP contribution in [0.1, 0.15) is 44.7 Å². The number of benzene rings is 1. The van der Waals surface area contributed by atoms with Crippen LogP contribution in [0.3, 0.4) is 0 Å². The van der Waals surface area contributed by atoms with Crippen LogP contribution in [0, 0.1) is 5.92 Å². The molecule has 0 saturated heterocycles. The first-order valence-corrected chi connectivity index (χ1v) is 6.39. The third-order valence-corrected chi connectivity index (χ3v) is 3.47. The first kappa shape index (κ1) is 12.2. The second-order valence-corrected chi connectivity index (χ2v) is 5.06. The first-order valence-electron chi connectivity index (χ1n) is 6.39. The zero-order chi connectivity index (χ0) is 12.4. The molecule has 0 amide bonds. The first-order chi connectivity index (χ1) is 8.10. The standard InChI is InChI=1S/C14H21NO2/c1-3-4-10-7-14(10)15-9(2)11-5-12(16)8-13(17)6-11/h5-6,8-10,14-17H,3-4,7H2,1-2H3. The zero-order valence-electron chi connectivity index (χ0n) is 10.5. The molecule has 1 saturated carbocycles. The van der Waals surface area contributed by atoms with Gasteiger partial charge in [0.15, 0.2) is 0 Å². The fraction of sp³-hybridized carbons (Fsp3) is 0.571. The van der Waals surface area contributed by atoms with Crippen molar-refractivity contribution in [2.45, 2.75) is 45.2 Å². The summed E-state index contributed by atoms with van der Waals surface area (Å²) < 4.78 is 0. The second kappa shape index (κ2) is 4.96. The Labute approximate surface area is 102 Å². The van der Waals surface area contributed by atoms with E-state index in [-0.39, 0.29) is 17.5 Å². The molecule has 3 heteroatoms. The van der Waals surface area contributed by atoms with Gasteiger partial charge in [-0.1, -0.05) is 13.3 Å². The lowest BCUT2D eigenvalue weighted by atomic mass is 10.1. The highest BCUT2D eigenvalue weighted by Gasteiger charge is 2.36. The molecule has 0 heterocycles. The van der Waals surface area contributed by atoms with Gasteiger partial charge in [-0.3, -0.25) is 0 Å². The Hall–Kier alpha value is -1.22. The minimum absolute atomic E-state index is 0.120. The molecule has 3 nitrogen and oxygen atoms in total. The number of rotatable bonds is 5. The minimum Gasteiger partial charge on any atom is -0.508 e. The van der Waals surface area contributed by atoms with Crippen molar-refractivity contribution in [1.29, 1.82) is 0 Å². The van der Waals surface area contributed by atoms with Crippen molar-refractivity contribution in [2.24, 2.45) is 5.92 Å². The van der Waals surface area contributed by atoms with E-state index < -0.39 is 0 Å². The number of nitrogens with one attached hydrogen (secondary N) is 1. The topological polar surface area (TPSA) is 52.5 Å². The summed E-state index contributed by atoms with van der Waals surface area (Å²) in [6.07, 6.45) is 3.78. The maximum absolute atomic E-state index is 9.44. The largest absolute Gasteiger partial charge is 0.508 e. The highest BCUT2D eigenvalue weighted by Crippen LogP contribution is 2.36. The monoisotopic (exact) mass is 235 g/mol. The van der Waals surface area contributed by atoms with Gasteiger partial charge in [0.25, 0.3) is 0 Å². The van der Waals surface area contributed by atoms with Gasteiger partial charge < -0.3 is 15.5 Å². The second-order valence-electron chi connectivity index (χ2n) is 5.06. The van der Waals surface area contributed by atoms with Crippen LogP contribution in [0.4, 0.5) is 0 Å². The van der Waals surface area contributed by atoms with Gasteiger partial charge in [0, 0.05) is 18.2 Å². The van der Waals surface area contributed by atoms with Crippen LogP contribution in [-0.4, -0.2) is 16.3 Å². The van der Waals surface area contributed by atoms with E-state index in [1.807, 2.05) is 0 Å². The molecule has 1 fully saturated rings. The molecule has 3 atom stereocenters. The summed E-state index contributed by atoms with van der Waals surface area (Å²) in [4.78, 5) is 0. The van der Waals surface area contributed by atoms with Gasteiger partial charge >= 0.3 is 0 Å². The van der Waals surface area contributed by atoms with Crippen LogP contribution in [0.2, 0.25) is 0 Å². The SMILES string of the molecule is CCCC1CC1NC(C)c1cc(O)cc(O)c1. The van der Waals surface area contributed by atoms with Gasteiger partial charge in [0.05, 0.1) is 0 Å². The summed E-state index contributed by atoms with van der Waals surface area (Å²) >= 11 is 0. The number of phenols is 2. The minimum atomic E-state index is 0.120. The van der Waals surface area contributed by atoms with E-state index in [4.69, 9.17) is 0 Å². The number of hydrogen-bond donors (Lipinski definition) is 3. The molecular formula is C14H21NO2. The molecule has 94 valence electrons. The van der Waals surface area contributed by atoms with Crippen molar-refractivity contribution in [1.82, 2.24) is 5.32 Å². The summed E-state index contributed by atoms with van der Waals surface area (Å²) in [5, 5.41) is 22.4. The molecule has 3 N–H and O–H groups in total. The fourth-order valence-corrected chi connectivity index (χ4v) is 2.43. The Bertz CT molecular complexity index is 372. The van der Waals surface area contributed by atoms with Crippen molar-refractivity contribution in [3.8, 4) is 11.5 Å². The van der Waals surface area contributed by atoms with Crippen LogP contribution in [0.15, 0.2) is 18.2 Å². The Morgan fingerprint density at radius 1 is 1.29 bits per heavy atom. The van der Waals surface area contributed by atoms with E-state index in [0.717, 1.165) is 11.5 Å². The lowest BCUT2D eigenvalue weighted by molar-refractivity contribution is 0.445. The molecule has 0 aromatic heterocycles. The third kappa shape index (κ3) is 3.13. The molecule has 0 aliphatic heterocycles. The predicted molar refractivity (Wildman–Crippen MR) is 68.1 cm³/mol. The molecule has 1 aromatic rings. The van der Waals surface area contributed by atoms with Crippen LogP contribution in [-0.2, 0) is 0 Å². The fourth-order valence-electron chi connectivity index (χ4n) is 2.43. The van der Waals surface area contributed by atoms with Crippen LogP contribution in [0.25, 0.3) is 0 Å². The molecule has 17 heavy (non-hydrogen) atoms. The van der Waals surface area contributed by atoms with E-state index >= 15 is 0 Å². The van der Waals surface area contributed by atoms with E-state index in [2.05, 4.69) is 19.2 Å². The molecule has 0 spiro atoms. The summed E-state index contributed by atoms with van der Waals surface area (Å²) in [6, 6.07) is 5.53. The average Bonchev–Trinajstić information content (AvgIpc) is 2.95. The Morgan fingerprint density at radius 2 is 1.94 bits per heavy atom. The van der Waals surface area contributed by atoms with E-state index in [9.17, 15) is 10.2 Å². The highest BCUT2D eigenvalue weighted by molar-refractivity contribution is 5.38. The van der Waals surface area contributed by atoms with E-state index in [1.54, 1.807) is 12.1 Å². The Balaban J connectivity index is 1.93. The summed E-state index contributed by atoms with van der Waals surface area (Å²) in [7, 11) is 0. The summed E-state index contributed by atoms with van der Waals surface area (Å²) in [5.74, 6) is 1.05. The van der Waals surface area contributed by atoms with Crippen molar-refractivity contribution in [3.05, 3.63) is 23.8 Å². The Kier molecular flexibility index (Phi) is 3.57. The lowest BCUT2D eigenvalue weighted by Crippen LogP contribution is -2.22. The molecule has 3 unspecified atom stereocenters. The molecule has 0 radical (unpaired) electrons. The lowest BCUT2D eigenvalue weighted by Gasteiger charge is -2.15. The van der Waals surface area contributed by atoms with Crippen molar-refractivity contribution < 1.29 is 10.2 Å². The van der Waals surface area contributed by atoms with Gasteiger partial charge in [-0.05, 0) is 43.4 Å².